The van der Waals surface area contributed by atoms with E-state index >= 15 is 0 Å². The molecule has 0 saturated heterocycles. The second kappa shape index (κ2) is 4.63. The van der Waals surface area contributed by atoms with Crippen molar-refractivity contribution in [3.63, 3.8) is 0 Å². The minimum atomic E-state index is -0.0149. The van der Waals surface area contributed by atoms with E-state index in [-0.39, 0.29) is 6.29 Å². The maximum Gasteiger partial charge on any atom is 0.156 e. The molecular weight excluding hydrogens is 152 g/mol. The molecule has 12 heavy (non-hydrogen) atoms. The molecule has 0 bridgehead atoms. The van der Waals surface area contributed by atoms with E-state index in [2.05, 4.69) is 6.58 Å². The van der Waals surface area contributed by atoms with Crippen LogP contribution in [0.4, 0.5) is 0 Å². The van der Waals surface area contributed by atoms with Crippen molar-refractivity contribution in [2.24, 2.45) is 5.92 Å². The van der Waals surface area contributed by atoms with Crippen molar-refractivity contribution in [3.05, 3.63) is 12.2 Å². The third-order valence-corrected chi connectivity index (χ3v) is 2.49. The number of hydrogen-bond donors (Lipinski definition) is 0. The van der Waals surface area contributed by atoms with Crippen molar-refractivity contribution in [2.45, 2.75) is 32.0 Å². The fraction of sp³-hybridized carbons (Fsp3) is 0.800. The van der Waals surface area contributed by atoms with Crippen molar-refractivity contribution < 1.29 is 9.47 Å². The average molecular weight is 170 g/mol. The highest BCUT2D eigenvalue weighted by Crippen LogP contribution is 2.35. The number of hydrogen-bond acceptors (Lipinski definition) is 2. The standard InChI is InChI=1S/C10H18O2/c1-8-6-9(7-8)4-5-10(11-2)12-3/h9-10H,1,4-7H2,2-3H3. The van der Waals surface area contributed by atoms with Crippen molar-refractivity contribution in [2.75, 3.05) is 14.2 Å². The molecule has 0 heterocycles. The van der Waals surface area contributed by atoms with Crippen molar-refractivity contribution in [3.8, 4) is 0 Å². The molecule has 0 atom stereocenters. The maximum absolute atomic E-state index is 5.10. The summed E-state index contributed by atoms with van der Waals surface area (Å²) in [7, 11) is 3.38. The summed E-state index contributed by atoms with van der Waals surface area (Å²) in [6.07, 6.45) is 4.61. The van der Waals surface area contributed by atoms with Crippen LogP contribution in [0.5, 0.6) is 0 Å². The number of allylic oxidation sites excluding steroid dienone is 1. The van der Waals surface area contributed by atoms with Gasteiger partial charge in [-0.2, -0.15) is 0 Å². The van der Waals surface area contributed by atoms with Crippen LogP contribution < -0.4 is 0 Å². The van der Waals surface area contributed by atoms with Gasteiger partial charge in [-0.05, 0) is 31.6 Å². The van der Waals surface area contributed by atoms with E-state index in [4.69, 9.17) is 9.47 Å². The van der Waals surface area contributed by atoms with E-state index in [0.717, 1.165) is 12.3 Å². The molecule has 0 radical (unpaired) electrons. The number of ether oxygens (including phenoxy) is 2. The topological polar surface area (TPSA) is 18.5 Å². The van der Waals surface area contributed by atoms with Crippen molar-refractivity contribution in [1.29, 1.82) is 0 Å². The first-order valence-electron chi connectivity index (χ1n) is 4.48. The Morgan fingerprint density at radius 3 is 2.42 bits per heavy atom. The average Bonchev–Trinajstić information content (AvgIpc) is 2.03. The van der Waals surface area contributed by atoms with Gasteiger partial charge in [0.1, 0.15) is 0 Å². The zero-order valence-corrected chi connectivity index (χ0v) is 8.01. The van der Waals surface area contributed by atoms with Gasteiger partial charge < -0.3 is 9.47 Å². The van der Waals surface area contributed by atoms with Gasteiger partial charge in [0.05, 0.1) is 0 Å². The molecule has 1 aliphatic carbocycles. The van der Waals surface area contributed by atoms with Gasteiger partial charge in [-0.3, -0.25) is 0 Å². The molecule has 0 aliphatic heterocycles. The molecule has 1 rings (SSSR count). The Morgan fingerprint density at radius 2 is 2.00 bits per heavy atom. The molecule has 0 spiro atoms. The summed E-state index contributed by atoms with van der Waals surface area (Å²) in [6, 6.07) is 0. The monoisotopic (exact) mass is 170 g/mol. The second-order valence-electron chi connectivity index (χ2n) is 3.50. The van der Waals surface area contributed by atoms with Crippen LogP contribution in [0.15, 0.2) is 12.2 Å². The van der Waals surface area contributed by atoms with Crippen molar-refractivity contribution in [1.82, 2.24) is 0 Å². The van der Waals surface area contributed by atoms with Crippen LogP contribution in [-0.4, -0.2) is 20.5 Å². The third-order valence-electron chi connectivity index (χ3n) is 2.49. The molecule has 0 amide bonds. The SMILES string of the molecule is C=C1CC(CCC(OC)OC)C1. The zero-order valence-electron chi connectivity index (χ0n) is 8.01. The summed E-state index contributed by atoms with van der Waals surface area (Å²) in [5, 5.41) is 0. The highest BCUT2D eigenvalue weighted by Gasteiger charge is 2.22. The molecule has 2 heteroatoms. The molecule has 0 aromatic heterocycles. The van der Waals surface area contributed by atoms with E-state index in [1.165, 1.54) is 24.8 Å². The van der Waals surface area contributed by atoms with Crippen LogP contribution in [0.25, 0.3) is 0 Å². The van der Waals surface area contributed by atoms with Gasteiger partial charge in [0.2, 0.25) is 0 Å². The Labute approximate surface area is 74.6 Å². The fourth-order valence-electron chi connectivity index (χ4n) is 1.66. The summed E-state index contributed by atoms with van der Waals surface area (Å²) < 4.78 is 10.2. The molecule has 0 N–H and O–H groups in total. The smallest absolute Gasteiger partial charge is 0.156 e. The Kier molecular flexibility index (Phi) is 3.76. The molecule has 0 unspecified atom stereocenters. The summed E-state index contributed by atoms with van der Waals surface area (Å²) in [5.41, 5.74) is 1.39. The molecule has 2 nitrogen and oxygen atoms in total. The molecule has 1 saturated carbocycles. The largest absolute Gasteiger partial charge is 0.356 e. The van der Waals surface area contributed by atoms with Gasteiger partial charge >= 0.3 is 0 Å². The van der Waals surface area contributed by atoms with Gasteiger partial charge in [-0.25, -0.2) is 0 Å². The minimum Gasteiger partial charge on any atom is -0.356 e. The van der Waals surface area contributed by atoms with Crippen LogP contribution in [0.1, 0.15) is 25.7 Å². The molecule has 0 aromatic rings. The minimum absolute atomic E-state index is 0.0149. The molecule has 0 aromatic carbocycles. The quantitative estimate of drug-likeness (QED) is 0.466. The third kappa shape index (κ3) is 2.61. The lowest BCUT2D eigenvalue weighted by molar-refractivity contribution is -0.109. The first-order valence-corrected chi connectivity index (χ1v) is 4.48. The van der Waals surface area contributed by atoms with Gasteiger partial charge in [0.25, 0.3) is 0 Å². The van der Waals surface area contributed by atoms with E-state index < -0.39 is 0 Å². The molecule has 1 aliphatic rings. The highest BCUT2D eigenvalue weighted by atomic mass is 16.7. The fourth-order valence-corrected chi connectivity index (χ4v) is 1.66. The molecule has 1 fully saturated rings. The van der Waals surface area contributed by atoms with Gasteiger partial charge in [-0.15, -0.1) is 0 Å². The van der Waals surface area contributed by atoms with Crippen LogP contribution in [-0.2, 0) is 9.47 Å². The molecular formula is C10H18O2. The van der Waals surface area contributed by atoms with Crippen LogP contribution in [0.3, 0.4) is 0 Å². The normalized spacial score (nSPS) is 18.4. The summed E-state index contributed by atoms with van der Waals surface area (Å²) in [4.78, 5) is 0. The lowest BCUT2D eigenvalue weighted by atomic mass is 9.78. The van der Waals surface area contributed by atoms with E-state index in [1.807, 2.05) is 0 Å². The lowest BCUT2D eigenvalue weighted by Crippen LogP contribution is -2.19. The van der Waals surface area contributed by atoms with E-state index in [0.29, 0.717) is 0 Å². The lowest BCUT2D eigenvalue weighted by Gasteiger charge is -2.29. The van der Waals surface area contributed by atoms with Crippen LogP contribution in [0.2, 0.25) is 0 Å². The van der Waals surface area contributed by atoms with Gasteiger partial charge in [-0.1, -0.05) is 12.2 Å². The first-order chi connectivity index (χ1) is 5.76. The predicted octanol–water partition coefficient (Wildman–Crippen LogP) is 2.35. The first kappa shape index (κ1) is 9.75. The summed E-state index contributed by atoms with van der Waals surface area (Å²) >= 11 is 0. The van der Waals surface area contributed by atoms with Crippen molar-refractivity contribution >= 4 is 0 Å². The number of rotatable bonds is 5. The van der Waals surface area contributed by atoms with Gasteiger partial charge in [0, 0.05) is 14.2 Å². The Morgan fingerprint density at radius 1 is 1.42 bits per heavy atom. The Bertz CT molecular complexity index is 142. The highest BCUT2D eigenvalue weighted by molar-refractivity contribution is 5.07. The Hall–Kier alpha value is -0.340. The summed E-state index contributed by atoms with van der Waals surface area (Å²) in [5.74, 6) is 0.838. The number of methoxy groups -OCH3 is 2. The van der Waals surface area contributed by atoms with E-state index in [1.54, 1.807) is 14.2 Å². The van der Waals surface area contributed by atoms with E-state index in [9.17, 15) is 0 Å². The van der Waals surface area contributed by atoms with Crippen LogP contribution >= 0.6 is 0 Å². The van der Waals surface area contributed by atoms with Crippen LogP contribution in [0, 0.1) is 5.92 Å². The summed E-state index contributed by atoms with van der Waals surface area (Å²) in [6.45, 7) is 3.92. The maximum atomic E-state index is 5.10. The zero-order chi connectivity index (χ0) is 8.97. The molecule has 70 valence electrons. The second-order valence-corrected chi connectivity index (χ2v) is 3.50. The Balaban J connectivity index is 2.04. The van der Waals surface area contributed by atoms with Gasteiger partial charge in [0.15, 0.2) is 6.29 Å². The predicted molar refractivity (Wildman–Crippen MR) is 48.9 cm³/mol.